The standard InChI is InChI=1S/C23H38N2O3/c1-15(2)20(25-23(7,8)9)19(26)13-24-18-11-10-17(16(3)12-18)14-28-21(27)22(4,5)6/h10-12,15,20,24-25H,13-14H2,1-9H3/t20-/m0/s1. The summed E-state index contributed by atoms with van der Waals surface area (Å²) in [4.78, 5) is 24.6. The largest absolute Gasteiger partial charge is 0.460 e. The van der Waals surface area contributed by atoms with Crippen LogP contribution in [0.25, 0.3) is 0 Å². The molecule has 0 aliphatic carbocycles. The lowest BCUT2D eigenvalue weighted by molar-refractivity contribution is -0.154. The summed E-state index contributed by atoms with van der Waals surface area (Å²) in [5, 5.41) is 6.64. The normalized spacial score (nSPS) is 13.4. The van der Waals surface area contributed by atoms with Crippen LogP contribution in [0, 0.1) is 18.3 Å². The average molecular weight is 391 g/mol. The highest BCUT2D eigenvalue weighted by atomic mass is 16.5. The van der Waals surface area contributed by atoms with Crippen molar-refractivity contribution in [2.75, 3.05) is 11.9 Å². The fourth-order valence-corrected chi connectivity index (χ4v) is 2.71. The Morgan fingerprint density at radius 1 is 1.07 bits per heavy atom. The van der Waals surface area contributed by atoms with Crippen LogP contribution in [-0.2, 0) is 20.9 Å². The van der Waals surface area contributed by atoms with Crippen LogP contribution in [0.15, 0.2) is 18.2 Å². The zero-order valence-corrected chi connectivity index (χ0v) is 19.0. The van der Waals surface area contributed by atoms with Crippen molar-refractivity contribution in [1.82, 2.24) is 5.32 Å². The van der Waals surface area contributed by atoms with E-state index >= 15 is 0 Å². The van der Waals surface area contributed by atoms with Crippen LogP contribution >= 0.6 is 0 Å². The number of carbonyl (C=O) groups is 2. The fraction of sp³-hybridized carbons (Fsp3) is 0.652. The molecule has 0 aliphatic heterocycles. The van der Waals surface area contributed by atoms with Crippen LogP contribution in [0.4, 0.5) is 5.69 Å². The van der Waals surface area contributed by atoms with Crippen molar-refractivity contribution < 1.29 is 14.3 Å². The van der Waals surface area contributed by atoms with Crippen LogP contribution in [0.2, 0.25) is 0 Å². The molecule has 5 nitrogen and oxygen atoms in total. The first-order valence-corrected chi connectivity index (χ1v) is 10.0. The van der Waals surface area contributed by atoms with Crippen molar-refractivity contribution in [2.45, 2.75) is 80.5 Å². The highest BCUT2D eigenvalue weighted by molar-refractivity contribution is 5.88. The first-order valence-electron chi connectivity index (χ1n) is 10.0. The lowest BCUT2D eigenvalue weighted by atomic mass is 9.96. The Labute approximate surface area is 170 Å². The summed E-state index contributed by atoms with van der Waals surface area (Å²) >= 11 is 0. The predicted octanol–water partition coefficient (Wildman–Crippen LogP) is 4.48. The second kappa shape index (κ2) is 9.55. The summed E-state index contributed by atoms with van der Waals surface area (Å²) in [6, 6.07) is 5.65. The molecule has 28 heavy (non-hydrogen) atoms. The van der Waals surface area contributed by atoms with Gasteiger partial charge in [-0.05, 0) is 77.6 Å². The summed E-state index contributed by atoms with van der Waals surface area (Å²) in [7, 11) is 0. The maximum atomic E-state index is 12.7. The smallest absolute Gasteiger partial charge is 0.311 e. The summed E-state index contributed by atoms with van der Waals surface area (Å²) in [6.07, 6.45) is 0. The number of ketones is 1. The molecular formula is C23H38N2O3. The van der Waals surface area contributed by atoms with Gasteiger partial charge in [-0.15, -0.1) is 0 Å². The summed E-state index contributed by atoms with van der Waals surface area (Å²) in [5.74, 6) is 0.145. The van der Waals surface area contributed by atoms with Crippen molar-refractivity contribution in [3.05, 3.63) is 29.3 Å². The van der Waals surface area contributed by atoms with E-state index in [9.17, 15) is 9.59 Å². The third-order valence-electron chi connectivity index (χ3n) is 4.38. The summed E-state index contributed by atoms with van der Waals surface area (Å²) in [6.45, 7) is 18.3. The number of Topliss-reactive ketones (excluding diaryl/α,β-unsaturated/α-hetero) is 1. The van der Waals surface area contributed by atoms with Crippen molar-refractivity contribution >= 4 is 17.4 Å². The van der Waals surface area contributed by atoms with Gasteiger partial charge in [-0.25, -0.2) is 0 Å². The number of esters is 1. The number of nitrogens with one attached hydrogen (secondary N) is 2. The van der Waals surface area contributed by atoms with E-state index in [1.54, 1.807) is 0 Å². The lowest BCUT2D eigenvalue weighted by Crippen LogP contribution is -2.51. The molecule has 0 fully saturated rings. The van der Waals surface area contributed by atoms with Crippen LogP contribution in [0.3, 0.4) is 0 Å². The van der Waals surface area contributed by atoms with Crippen LogP contribution in [0.1, 0.15) is 66.5 Å². The van der Waals surface area contributed by atoms with Crippen LogP contribution in [0.5, 0.6) is 0 Å². The maximum absolute atomic E-state index is 12.7. The highest BCUT2D eigenvalue weighted by Gasteiger charge is 2.26. The lowest BCUT2D eigenvalue weighted by Gasteiger charge is -2.30. The predicted molar refractivity (Wildman–Crippen MR) is 115 cm³/mol. The van der Waals surface area contributed by atoms with Crippen molar-refractivity contribution in [3.8, 4) is 0 Å². The van der Waals surface area contributed by atoms with Crippen molar-refractivity contribution in [2.24, 2.45) is 11.3 Å². The molecule has 158 valence electrons. The zero-order valence-electron chi connectivity index (χ0n) is 19.0. The molecule has 0 bridgehead atoms. The minimum absolute atomic E-state index is 0.118. The van der Waals surface area contributed by atoms with Gasteiger partial charge in [-0.1, -0.05) is 19.9 Å². The van der Waals surface area contributed by atoms with E-state index in [1.807, 2.05) is 45.9 Å². The summed E-state index contributed by atoms with van der Waals surface area (Å²) < 4.78 is 5.39. The number of hydrogen-bond acceptors (Lipinski definition) is 5. The molecule has 0 saturated carbocycles. The molecule has 0 aliphatic rings. The molecule has 0 aromatic heterocycles. The molecule has 0 amide bonds. The molecule has 1 rings (SSSR count). The molecule has 5 heteroatoms. The van der Waals surface area contributed by atoms with Gasteiger partial charge in [0.25, 0.3) is 0 Å². The number of anilines is 1. The molecule has 1 aromatic carbocycles. The molecule has 2 N–H and O–H groups in total. The second-order valence-electron chi connectivity index (χ2n) is 9.90. The van der Waals surface area contributed by atoms with Gasteiger partial charge in [0.15, 0.2) is 5.78 Å². The van der Waals surface area contributed by atoms with Gasteiger partial charge in [0.2, 0.25) is 0 Å². The van der Waals surface area contributed by atoms with Crippen LogP contribution in [-0.4, -0.2) is 29.9 Å². The van der Waals surface area contributed by atoms with E-state index in [0.29, 0.717) is 0 Å². The molecule has 0 unspecified atom stereocenters. The first kappa shape index (κ1) is 24.2. The number of aryl methyl sites for hydroxylation is 1. The van der Waals surface area contributed by atoms with Crippen molar-refractivity contribution in [3.63, 3.8) is 0 Å². The Morgan fingerprint density at radius 3 is 2.14 bits per heavy atom. The third kappa shape index (κ3) is 8.01. The van der Waals surface area contributed by atoms with Gasteiger partial charge in [0.05, 0.1) is 18.0 Å². The number of hydrogen-bond donors (Lipinski definition) is 2. The Balaban J connectivity index is 2.69. The first-order chi connectivity index (χ1) is 12.7. The van der Waals surface area contributed by atoms with Gasteiger partial charge < -0.3 is 15.4 Å². The number of ether oxygens (including phenoxy) is 1. The quantitative estimate of drug-likeness (QED) is 0.641. The fourth-order valence-electron chi connectivity index (χ4n) is 2.71. The second-order valence-corrected chi connectivity index (χ2v) is 9.90. The van der Waals surface area contributed by atoms with Gasteiger partial charge >= 0.3 is 5.97 Å². The van der Waals surface area contributed by atoms with Gasteiger partial charge in [-0.2, -0.15) is 0 Å². The molecule has 0 spiro atoms. The Kier molecular flexibility index (Phi) is 8.24. The van der Waals surface area contributed by atoms with E-state index < -0.39 is 5.41 Å². The Morgan fingerprint density at radius 2 is 1.68 bits per heavy atom. The molecular weight excluding hydrogens is 352 g/mol. The Bertz CT molecular complexity index is 682. The average Bonchev–Trinajstić information content (AvgIpc) is 2.54. The topological polar surface area (TPSA) is 67.4 Å². The third-order valence-corrected chi connectivity index (χ3v) is 4.38. The van der Waals surface area contributed by atoms with E-state index in [4.69, 9.17) is 4.74 Å². The van der Waals surface area contributed by atoms with E-state index in [2.05, 4.69) is 45.3 Å². The highest BCUT2D eigenvalue weighted by Crippen LogP contribution is 2.20. The monoisotopic (exact) mass is 390 g/mol. The SMILES string of the molecule is Cc1cc(NCC(=O)[C@@H](NC(C)(C)C)C(C)C)ccc1COC(=O)C(C)(C)C. The van der Waals surface area contributed by atoms with E-state index in [-0.39, 0.29) is 42.4 Å². The van der Waals surface area contributed by atoms with Gasteiger partial charge in [0, 0.05) is 11.2 Å². The van der Waals surface area contributed by atoms with E-state index in [0.717, 1.165) is 16.8 Å². The Hall–Kier alpha value is -1.88. The zero-order chi connectivity index (χ0) is 21.7. The van der Waals surface area contributed by atoms with Gasteiger partial charge in [0.1, 0.15) is 6.61 Å². The molecule has 0 saturated heterocycles. The molecule has 0 heterocycles. The molecule has 1 aromatic rings. The molecule has 1 atom stereocenters. The van der Waals surface area contributed by atoms with Gasteiger partial charge in [-0.3, -0.25) is 9.59 Å². The van der Waals surface area contributed by atoms with Crippen molar-refractivity contribution in [1.29, 1.82) is 0 Å². The maximum Gasteiger partial charge on any atom is 0.311 e. The van der Waals surface area contributed by atoms with Crippen LogP contribution < -0.4 is 10.6 Å². The summed E-state index contributed by atoms with van der Waals surface area (Å²) in [5.41, 5.74) is 2.24. The number of carbonyl (C=O) groups excluding carboxylic acids is 2. The minimum atomic E-state index is -0.510. The molecule has 0 radical (unpaired) electrons. The van der Waals surface area contributed by atoms with E-state index in [1.165, 1.54) is 0 Å². The number of benzene rings is 1. The number of rotatable bonds is 8. The minimum Gasteiger partial charge on any atom is -0.460 e.